The maximum Gasteiger partial charge on any atom is 0.325 e. The lowest BCUT2D eigenvalue weighted by Gasteiger charge is -2.17. The van der Waals surface area contributed by atoms with Crippen LogP contribution in [0.3, 0.4) is 0 Å². The number of amides is 4. The number of rotatable bonds is 8. The predicted molar refractivity (Wildman–Crippen MR) is 95.2 cm³/mol. The molecule has 142 valence electrons. The molecular weight excluding hydrogens is 350 g/mol. The molecule has 1 aliphatic heterocycles. The van der Waals surface area contributed by atoms with Crippen molar-refractivity contribution in [2.75, 3.05) is 6.61 Å². The lowest BCUT2D eigenvalue weighted by atomic mass is 10.1. The summed E-state index contributed by atoms with van der Waals surface area (Å²) in [5.74, 6) is -0.180. The average molecular weight is 371 g/mol. The summed E-state index contributed by atoms with van der Waals surface area (Å²) in [4.78, 5) is 37.6. The van der Waals surface area contributed by atoms with E-state index in [4.69, 9.17) is 4.42 Å². The molecule has 1 saturated heterocycles. The van der Waals surface area contributed by atoms with Gasteiger partial charge in [-0.1, -0.05) is 30.3 Å². The highest BCUT2D eigenvalue weighted by Gasteiger charge is 2.38. The fraction of sp³-hybridized carbons (Fsp3) is 0.316. The van der Waals surface area contributed by atoms with Crippen LogP contribution in [-0.4, -0.2) is 40.5 Å². The van der Waals surface area contributed by atoms with E-state index in [1.807, 2.05) is 30.3 Å². The van der Waals surface area contributed by atoms with Crippen LogP contribution in [0.1, 0.15) is 30.2 Å². The summed E-state index contributed by atoms with van der Waals surface area (Å²) < 4.78 is 5.16. The molecule has 1 aliphatic rings. The van der Waals surface area contributed by atoms with Gasteiger partial charge >= 0.3 is 6.03 Å². The number of imide groups is 1. The summed E-state index contributed by atoms with van der Waals surface area (Å²) >= 11 is 0. The highest BCUT2D eigenvalue weighted by Crippen LogP contribution is 2.16. The summed E-state index contributed by atoms with van der Waals surface area (Å²) in [6.45, 7) is -0.174. The second-order valence-electron chi connectivity index (χ2n) is 6.26. The maximum atomic E-state index is 12.4. The number of benzene rings is 1. The van der Waals surface area contributed by atoms with Crippen LogP contribution in [0, 0.1) is 0 Å². The molecule has 2 aromatic rings. The molecule has 1 fully saturated rings. The van der Waals surface area contributed by atoms with Crippen LogP contribution in [0.5, 0.6) is 0 Å². The number of urea groups is 1. The highest BCUT2D eigenvalue weighted by molar-refractivity contribution is 6.04. The van der Waals surface area contributed by atoms with Gasteiger partial charge in [0.1, 0.15) is 11.8 Å². The van der Waals surface area contributed by atoms with Crippen molar-refractivity contribution >= 4 is 17.8 Å². The van der Waals surface area contributed by atoms with Crippen LogP contribution in [0.25, 0.3) is 0 Å². The molecule has 0 unspecified atom stereocenters. The molecule has 0 saturated carbocycles. The molecule has 8 nitrogen and oxygen atoms in total. The number of nitrogens with one attached hydrogen (secondary N) is 2. The van der Waals surface area contributed by atoms with E-state index < -0.39 is 18.1 Å². The standard InChI is InChI=1S/C19H21N3O5/c23-12-16(13-5-2-1-3-6-13)20-17(24)9-8-15-18(25)22(19(26)21-15)11-14-7-4-10-27-14/h1-7,10,15-16,23H,8-9,11-12H2,(H,20,24)(H,21,26)/t15-,16+/m0/s1. The van der Waals surface area contributed by atoms with Gasteiger partial charge in [0.05, 0.1) is 25.5 Å². The Balaban J connectivity index is 1.51. The molecule has 0 radical (unpaired) electrons. The van der Waals surface area contributed by atoms with Crippen LogP contribution >= 0.6 is 0 Å². The summed E-state index contributed by atoms with van der Waals surface area (Å²) in [5, 5.41) is 14.8. The maximum absolute atomic E-state index is 12.4. The van der Waals surface area contributed by atoms with Gasteiger partial charge in [-0.3, -0.25) is 14.5 Å². The van der Waals surface area contributed by atoms with Crippen LogP contribution in [0.4, 0.5) is 4.79 Å². The van der Waals surface area contributed by atoms with Gasteiger partial charge in [0.15, 0.2) is 0 Å². The Morgan fingerprint density at radius 2 is 2.00 bits per heavy atom. The van der Waals surface area contributed by atoms with E-state index in [9.17, 15) is 19.5 Å². The molecule has 3 rings (SSSR count). The average Bonchev–Trinajstić information content (AvgIpc) is 3.29. The Kier molecular flexibility index (Phi) is 5.87. The van der Waals surface area contributed by atoms with E-state index in [-0.39, 0.29) is 37.8 Å². The number of carbonyl (C=O) groups excluding carboxylic acids is 3. The predicted octanol–water partition coefficient (Wildman–Crippen LogP) is 1.33. The van der Waals surface area contributed by atoms with Gasteiger partial charge in [-0.25, -0.2) is 4.79 Å². The van der Waals surface area contributed by atoms with E-state index in [1.165, 1.54) is 6.26 Å². The first-order chi connectivity index (χ1) is 13.1. The minimum Gasteiger partial charge on any atom is -0.467 e. The third-order valence-electron chi connectivity index (χ3n) is 4.38. The van der Waals surface area contributed by atoms with E-state index in [1.54, 1.807) is 12.1 Å². The van der Waals surface area contributed by atoms with Crippen molar-refractivity contribution in [1.29, 1.82) is 0 Å². The number of hydrogen-bond acceptors (Lipinski definition) is 5. The molecule has 0 aliphatic carbocycles. The molecule has 4 amide bonds. The lowest BCUT2D eigenvalue weighted by molar-refractivity contribution is -0.128. The first-order valence-electron chi connectivity index (χ1n) is 8.68. The Morgan fingerprint density at radius 1 is 1.22 bits per heavy atom. The van der Waals surface area contributed by atoms with Gasteiger partial charge in [0.25, 0.3) is 5.91 Å². The summed E-state index contributed by atoms with van der Waals surface area (Å²) in [6.07, 6.45) is 1.70. The third-order valence-corrected chi connectivity index (χ3v) is 4.38. The first-order valence-corrected chi connectivity index (χ1v) is 8.68. The van der Waals surface area contributed by atoms with Gasteiger partial charge in [0, 0.05) is 6.42 Å². The number of aliphatic hydroxyl groups excluding tert-OH is 1. The van der Waals surface area contributed by atoms with Crippen molar-refractivity contribution in [3.05, 3.63) is 60.1 Å². The monoisotopic (exact) mass is 371 g/mol. The molecule has 0 spiro atoms. The minimum absolute atomic E-state index is 0.0502. The van der Waals surface area contributed by atoms with Crippen molar-refractivity contribution in [3.8, 4) is 0 Å². The molecule has 2 atom stereocenters. The SMILES string of the molecule is O=C(CC[C@@H]1NC(=O)N(Cc2ccco2)C1=O)N[C@H](CO)c1ccccc1. The zero-order chi connectivity index (χ0) is 19.2. The van der Waals surface area contributed by atoms with Crippen LogP contribution in [0.15, 0.2) is 53.1 Å². The van der Waals surface area contributed by atoms with Crippen LogP contribution in [-0.2, 0) is 16.1 Å². The van der Waals surface area contributed by atoms with Crippen molar-refractivity contribution in [1.82, 2.24) is 15.5 Å². The van der Waals surface area contributed by atoms with E-state index in [2.05, 4.69) is 10.6 Å². The Labute approximate surface area is 156 Å². The number of furan rings is 1. The quantitative estimate of drug-likeness (QED) is 0.606. The fourth-order valence-electron chi connectivity index (χ4n) is 2.94. The highest BCUT2D eigenvalue weighted by atomic mass is 16.3. The van der Waals surface area contributed by atoms with Crippen LogP contribution in [0.2, 0.25) is 0 Å². The fourth-order valence-corrected chi connectivity index (χ4v) is 2.94. The second kappa shape index (κ2) is 8.50. The second-order valence-corrected chi connectivity index (χ2v) is 6.26. The van der Waals surface area contributed by atoms with E-state index in [0.717, 1.165) is 10.5 Å². The molecular formula is C19H21N3O5. The zero-order valence-electron chi connectivity index (χ0n) is 14.6. The molecule has 8 heteroatoms. The van der Waals surface area contributed by atoms with E-state index >= 15 is 0 Å². The van der Waals surface area contributed by atoms with Gasteiger partial charge in [-0.15, -0.1) is 0 Å². The molecule has 0 bridgehead atoms. The summed E-state index contributed by atoms with van der Waals surface area (Å²) in [7, 11) is 0. The zero-order valence-corrected chi connectivity index (χ0v) is 14.6. The summed E-state index contributed by atoms with van der Waals surface area (Å²) in [6, 6.07) is 10.7. The number of carbonyl (C=O) groups is 3. The molecule has 2 heterocycles. The Bertz CT molecular complexity index is 791. The van der Waals surface area contributed by atoms with Gasteiger partial charge in [0.2, 0.25) is 5.91 Å². The van der Waals surface area contributed by atoms with Gasteiger partial charge in [-0.05, 0) is 24.1 Å². The Hall–Kier alpha value is -3.13. The number of hydrogen-bond donors (Lipinski definition) is 3. The van der Waals surface area contributed by atoms with Gasteiger partial charge < -0.3 is 20.2 Å². The first kappa shape index (κ1) is 18.7. The third kappa shape index (κ3) is 4.53. The normalized spacial score (nSPS) is 17.7. The minimum atomic E-state index is -0.748. The largest absolute Gasteiger partial charge is 0.467 e. The number of nitrogens with zero attached hydrogens (tertiary/aromatic N) is 1. The lowest BCUT2D eigenvalue weighted by Crippen LogP contribution is -2.34. The molecule has 27 heavy (non-hydrogen) atoms. The van der Waals surface area contributed by atoms with Crippen molar-refractivity contribution in [2.45, 2.75) is 31.5 Å². The molecule has 1 aromatic carbocycles. The molecule has 3 N–H and O–H groups in total. The van der Waals surface area contributed by atoms with E-state index in [0.29, 0.717) is 5.76 Å². The summed E-state index contributed by atoms with van der Waals surface area (Å²) in [5.41, 5.74) is 0.795. The van der Waals surface area contributed by atoms with Crippen molar-refractivity contribution < 1.29 is 23.9 Å². The number of aliphatic hydroxyl groups is 1. The topological polar surface area (TPSA) is 112 Å². The van der Waals surface area contributed by atoms with Crippen LogP contribution < -0.4 is 10.6 Å². The van der Waals surface area contributed by atoms with Gasteiger partial charge in [-0.2, -0.15) is 0 Å². The molecule has 1 aromatic heterocycles. The van der Waals surface area contributed by atoms with Crippen molar-refractivity contribution in [3.63, 3.8) is 0 Å². The Morgan fingerprint density at radius 3 is 2.67 bits per heavy atom. The smallest absolute Gasteiger partial charge is 0.325 e. The van der Waals surface area contributed by atoms with Crippen molar-refractivity contribution in [2.24, 2.45) is 0 Å².